The number of sulfone groups is 1. The van der Waals surface area contributed by atoms with Gasteiger partial charge in [-0.05, 0) is 18.1 Å². The first kappa shape index (κ1) is 19.9. The summed E-state index contributed by atoms with van der Waals surface area (Å²) >= 11 is 0.775. The monoisotopic (exact) mass is 397 g/mol. The number of benzene rings is 1. The highest BCUT2D eigenvalue weighted by Gasteiger charge is 2.27. The summed E-state index contributed by atoms with van der Waals surface area (Å²) in [6, 6.07) is 8.40. The zero-order valence-electron chi connectivity index (χ0n) is 14.6. The van der Waals surface area contributed by atoms with Crippen LogP contribution >= 0.6 is 11.3 Å². The number of thiophene rings is 1. The fourth-order valence-corrected chi connectivity index (χ4v) is 4.35. The maximum Gasteiger partial charge on any atom is 0.305 e. The van der Waals surface area contributed by atoms with Crippen molar-refractivity contribution >= 4 is 43.5 Å². The fourth-order valence-electron chi connectivity index (χ4n) is 2.36. The Hall–Kier alpha value is -2.46. The van der Waals surface area contributed by atoms with E-state index in [4.69, 9.17) is 0 Å². The van der Waals surface area contributed by atoms with E-state index in [1.54, 1.807) is 12.1 Å². The highest BCUT2D eigenvalue weighted by molar-refractivity contribution is 7.92. The van der Waals surface area contributed by atoms with Crippen LogP contribution in [-0.2, 0) is 21.1 Å². The van der Waals surface area contributed by atoms with Gasteiger partial charge in [-0.25, -0.2) is 8.42 Å². The average Bonchev–Trinajstić information content (AvgIpc) is 3.01. The van der Waals surface area contributed by atoms with Gasteiger partial charge < -0.3 is 10.2 Å². The average molecular weight is 397 g/mol. The second-order valence-electron chi connectivity index (χ2n) is 5.70. The topological polar surface area (TPSA) is 110 Å². The molecule has 0 saturated carbocycles. The van der Waals surface area contributed by atoms with E-state index in [1.165, 1.54) is 11.9 Å². The van der Waals surface area contributed by atoms with Crippen LogP contribution in [-0.4, -0.2) is 39.1 Å². The van der Waals surface area contributed by atoms with Crippen LogP contribution in [0, 0.1) is 10.1 Å². The van der Waals surface area contributed by atoms with Crippen molar-refractivity contribution < 1.29 is 18.1 Å². The van der Waals surface area contributed by atoms with Crippen molar-refractivity contribution in [2.75, 3.05) is 30.1 Å². The summed E-state index contributed by atoms with van der Waals surface area (Å²) in [7, 11) is -2.06. The minimum atomic E-state index is -3.57. The molecule has 0 aliphatic heterocycles. The summed E-state index contributed by atoms with van der Waals surface area (Å²) in [5.74, 6) is -0.350. The molecular weight excluding hydrogens is 378 g/mol. The van der Waals surface area contributed by atoms with E-state index in [0.717, 1.165) is 35.6 Å². The molecule has 8 nitrogen and oxygen atoms in total. The van der Waals surface area contributed by atoms with Crippen LogP contribution in [0.15, 0.2) is 34.5 Å². The van der Waals surface area contributed by atoms with E-state index in [9.17, 15) is 23.3 Å². The van der Waals surface area contributed by atoms with Gasteiger partial charge in [0, 0.05) is 25.1 Å². The Bertz CT molecular complexity index is 937. The standard InChI is InChI=1S/C16H19N3O5S2/c1-4-11-7-5-6-8-12(11)17-14(20)10-18(2)16-13(19(21)22)9-15(25-16)26(3,23)24/h5-9H,4,10H2,1-3H3,(H,17,20). The van der Waals surface area contributed by atoms with Gasteiger partial charge >= 0.3 is 5.69 Å². The lowest BCUT2D eigenvalue weighted by Crippen LogP contribution is -2.30. The number of carbonyl (C=O) groups is 1. The predicted octanol–water partition coefficient (Wildman–Crippen LogP) is 2.70. The molecule has 0 saturated heterocycles. The molecule has 1 amide bonds. The van der Waals surface area contributed by atoms with E-state index in [2.05, 4.69) is 5.32 Å². The predicted molar refractivity (Wildman–Crippen MR) is 102 cm³/mol. The minimum Gasteiger partial charge on any atom is -0.352 e. The number of aryl methyl sites for hydroxylation is 1. The number of nitrogens with one attached hydrogen (secondary N) is 1. The Morgan fingerprint density at radius 1 is 1.35 bits per heavy atom. The van der Waals surface area contributed by atoms with Crippen LogP contribution in [0.1, 0.15) is 12.5 Å². The number of nitro groups is 1. The number of rotatable bonds is 7. The summed E-state index contributed by atoms with van der Waals surface area (Å²) in [5.41, 5.74) is 1.33. The van der Waals surface area contributed by atoms with Crippen molar-refractivity contribution in [2.24, 2.45) is 0 Å². The van der Waals surface area contributed by atoms with Crippen molar-refractivity contribution in [3.8, 4) is 0 Å². The minimum absolute atomic E-state index is 0.109. The third-order valence-corrected chi connectivity index (χ3v) is 6.67. The zero-order chi connectivity index (χ0) is 19.5. The molecule has 0 spiro atoms. The first-order valence-electron chi connectivity index (χ1n) is 7.70. The van der Waals surface area contributed by atoms with Gasteiger partial charge in [-0.2, -0.15) is 0 Å². The number of hydrogen-bond acceptors (Lipinski definition) is 7. The molecule has 10 heteroatoms. The Balaban J connectivity index is 2.21. The number of hydrogen-bond donors (Lipinski definition) is 1. The molecule has 1 aromatic carbocycles. The van der Waals surface area contributed by atoms with Crippen molar-refractivity contribution in [1.82, 2.24) is 0 Å². The van der Waals surface area contributed by atoms with Gasteiger partial charge in [0.1, 0.15) is 4.21 Å². The molecule has 1 heterocycles. The Morgan fingerprint density at radius 3 is 2.58 bits per heavy atom. The van der Waals surface area contributed by atoms with Crippen molar-refractivity contribution in [3.63, 3.8) is 0 Å². The number of amides is 1. The Morgan fingerprint density at radius 2 is 2.00 bits per heavy atom. The molecule has 0 aliphatic carbocycles. The fraction of sp³-hybridized carbons (Fsp3) is 0.312. The third kappa shape index (κ3) is 4.58. The van der Waals surface area contributed by atoms with Gasteiger partial charge in [0.15, 0.2) is 14.8 Å². The lowest BCUT2D eigenvalue weighted by molar-refractivity contribution is -0.383. The van der Waals surface area contributed by atoms with Gasteiger partial charge in [0.05, 0.1) is 11.5 Å². The normalized spacial score (nSPS) is 11.2. The van der Waals surface area contributed by atoms with Gasteiger partial charge in [-0.1, -0.05) is 36.5 Å². The summed E-state index contributed by atoms with van der Waals surface area (Å²) in [5, 5.41) is 14.1. The smallest absolute Gasteiger partial charge is 0.305 e. The van der Waals surface area contributed by atoms with Crippen LogP contribution in [0.25, 0.3) is 0 Å². The highest BCUT2D eigenvalue weighted by atomic mass is 32.2. The number of carbonyl (C=O) groups excluding carboxylic acids is 1. The maximum absolute atomic E-state index is 12.3. The van der Waals surface area contributed by atoms with Crippen LogP contribution < -0.4 is 10.2 Å². The van der Waals surface area contributed by atoms with E-state index < -0.39 is 14.8 Å². The number of likely N-dealkylation sites (N-methyl/N-ethyl adjacent to an activating group) is 1. The summed E-state index contributed by atoms with van der Waals surface area (Å²) in [6.45, 7) is 1.82. The first-order valence-corrected chi connectivity index (χ1v) is 10.4. The summed E-state index contributed by atoms with van der Waals surface area (Å²) in [6.07, 6.45) is 1.74. The lowest BCUT2D eigenvalue weighted by atomic mass is 10.1. The Kier molecular flexibility index (Phi) is 5.98. The molecule has 2 rings (SSSR count). The number of nitrogens with zero attached hydrogens (tertiary/aromatic N) is 2. The van der Waals surface area contributed by atoms with E-state index >= 15 is 0 Å². The molecule has 140 valence electrons. The number of para-hydroxylation sites is 1. The molecule has 1 aromatic heterocycles. The molecule has 26 heavy (non-hydrogen) atoms. The molecule has 0 atom stereocenters. The quantitative estimate of drug-likeness (QED) is 0.568. The van der Waals surface area contributed by atoms with Crippen molar-refractivity contribution in [3.05, 3.63) is 46.0 Å². The zero-order valence-corrected chi connectivity index (χ0v) is 16.2. The molecule has 2 aromatic rings. The summed E-state index contributed by atoms with van der Waals surface area (Å²) in [4.78, 5) is 24.3. The van der Waals surface area contributed by atoms with E-state index in [-0.39, 0.29) is 27.3 Å². The third-order valence-electron chi connectivity index (χ3n) is 3.63. The van der Waals surface area contributed by atoms with Gasteiger partial charge in [-0.3, -0.25) is 14.9 Å². The first-order chi connectivity index (χ1) is 12.1. The molecule has 0 aliphatic rings. The number of anilines is 2. The van der Waals surface area contributed by atoms with Crippen LogP contribution in [0.5, 0.6) is 0 Å². The van der Waals surface area contributed by atoms with Crippen molar-refractivity contribution in [2.45, 2.75) is 17.6 Å². The lowest BCUT2D eigenvalue weighted by Gasteiger charge is -2.17. The van der Waals surface area contributed by atoms with Gasteiger partial charge in [0.2, 0.25) is 5.91 Å². The van der Waals surface area contributed by atoms with E-state index in [1.807, 2.05) is 19.1 Å². The summed E-state index contributed by atoms with van der Waals surface area (Å²) < 4.78 is 23.2. The van der Waals surface area contributed by atoms with Gasteiger partial charge in [-0.15, -0.1) is 0 Å². The Labute approximate surface area is 155 Å². The van der Waals surface area contributed by atoms with Crippen LogP contribution in [0.3, 0.4) is 0 Å². The molecule has 1 N–H and O–H groups in total. The molecule has 0 fully saturated rings. The maximum atomic E-state index is 12.3. The second kappa shape index (κ2) is 7.83. The van der Waals surface area contributed by atoms with Gasteiger partial charge in [0.25, 0.3) is 0 Å². The molecule has 0 unspecified atom stereocenters. The van der Waals surface area contributed by atoms with E-state index in [0.29, 0.717) is 5.69 Å². The van der Waals surface area contributed by atoms with Crippen LogP contribution in [0.2, 0.25) is 0 Å². The second-order valence-corrected chi connectivity index (χ2v) is 8.97. The molecule has 0 bridgehead atoms. The van der Waals surface area contributed by atoms with Crippen LogP contribution in [0.4, 0.5) is 16.4 Å². The molecular formula is C16H19N3O5S2. The SMILES string of the molecule is CCc1ccccc1NC(=O)CN(C)c1sc(S(C)(=O)=O)cc1[N+](=O)[O-]. The molecule has 0 radical (unpaired) electrons. The highest BCUT2D eigenvalue weighted by Crippen LogP contribution is 2.39. The van der Waals surface area contributed by atoms with Crippen molar-refractivity contribution in [1.29, 1.82) is 0 Å². The largest absolute Gasteiger partial charge is 0.352 e.